The zero-order valence-electron chi connectivity index (χ0n) is 11.0. The Kier molecular flexibility index (Phi) is 5.42. The second-order valence-electron chi connectivity index (χ2n) is 4.94. The standard InChI is InChI=1S/C14H22ClN3/c1-2-18(10-13-5-3-4-7-16-13)11-14-9-12(15)6-8-17-14/h6,8-9,13,16H,2-5,7,10-11H2,1H3. The normalized spacial score (nSPS) is 20.3. The first kappa shape index (κ1) is 13.8. The molecule has 0 radical (unpaired) electrons. The van der Waals surface area contributed by atoms with Gasteiger partial charge in [0.1, 0.15) is 0 Å². The van der Waals surface area contributed by atoms with E-state index < -0.39 is 0 Å². The third-order valence-electron chi connectivity index (χ3n) is 3.50. The fourth-order valence-electron chi connectivity index (χ4n) is 2.46. The maximum Gasteiger partial charge on any atom is 0.0558 e. The highest BCUT2D eigenvalue weighted by molar-refractivity contribution is 6.30. The molecule has 1 N–H and O–H groups in total. The molecule has 100 valence electrons. The van der Waals surface area contributed by atoms with Crippen LogP contribution in [0.4, 0.5) is 0 Å². The average molecular weight is 268 g/mol. The molecule has 18 heavy (non-hydrogen) atoms. The molecule has 1 aromatic heterocycles. The molecule has 0 saturated carbocycles. The first-order valence-electron chi connectivity index (χ1n) is 6.84. The van der Waals surface area contributed by atoms with Crippen LogP contribution >= 0.6 is 11.6 Å². The van der Waals surface area contributed by atoms with E-state index in [1.165, 1.54) is 19.3 Å². The molecule has 0 bridgehead atoms. The molecule has 0 amide bonds. The van der Waals surface area contributed by atoms with Gasteiger partial charge in [0, 0.05) is 30.4 Å². The second-order valence-corrected chi connectivity index (χ2v) is 5.38. The number of hydrogen-bond acceptors (Lipinski definition) is 3. The molecule has 1 atom stereocenters. The SMILES string of the molecule is CCN(Cc1cc(Cl)ccn1)CC1CCCCN1. The van der Waals surface area contributed by atoms with Crippen molar-refractivity contribution < 1.29 is 0 Å². The third-order valence-corrected chi connectivity index (χ3v) is 3.74. The predicted octanol–water partition coefficient (Wildman–Crippen LogP) is 2.70. The van der Waals surface area contributed by atoms with Crippen LogP contribution in [-0.2, 0) is 6.54 Å². The Hall–Kier alpha value is -0.640. The molecule has 1 saturated heterocycles. The summed E-state index contributed by atoms with van der Waals surface area (Å²) >= 11 is 5.99. The highest BCUT2D eigenvalue weighted by Crippen LogP contribution is 2.12. The number of nitrogens with zero attached hydrogens (tertiary/aromatic N) is 2. The lowest BCUT2D eigenvalue weighted by atomic mass is 10.0. The number of pyridine rings is 1. The van der Waals surface area contributed by atoms with Gasteiger partial charge in [-0.05, 0) is 38.1 Å². The largest absolute Gasteiger partial charge is 0.313 e. The summed E-state index contributed by atoms with van der Waals surface area (Å²) in [5.74, 6) is 0. The molecule has 0 spiro atoms. The Labute approximate surface area is 115 Å². The minimum Gasteiger partial charge on any atom is -0.313 e. The van der Waals surface area contributed by atoms with Gasteiger partial charge in [0.15, 0.2) is 0 Å². The van der Waals surface area contributed by atoms with Crippen LogP contribution in [0.15, 0.2) is 18.3 Å². The number of piperidine rings is 1. The van der Waals surface area contributed by atoms with E-state index in [9.17, 15) is 0 Å². The van der Waals surface area contributed by atoms with E-state index in [0.29, 0.717) is 6.04 Å². The molecule has 1 aliphatic heterocycles. The van der Waals surface area contributed by atoms with Gasteiger partial charge in [-0.1, -0.05) is 24.9 Å². The van der Waals surface area contributed by atoms with Crippen molar-refractivity contribution in [2.45, 2.75) is 38.8 Å². The monoisotopic (exact) mass is 267 g/mol. The van der Waals surface area contributed by atoms with Crippen LogP contribution in [0.3, 0.4) is 0 Å². The Balaban J connectivity index is 1.88. The van der Waals surface area contributed by atoms with Crippen LogP contribution in [0.25, 0.3) is 0 Å². The molecule has 0 aliphatic carbocycles. The lowest BCUT2D eigenvalue weighted by molar-refractivity contribution is 0.224. The summed E-state index contributed by atoms with van der Waals surface area (Å²) in [4.78, 5) is 6.81. The molecule has 1 aliphatic rings. The maximum atomic E-state index is 5.99. The molecule has 1 aromatic rings. The van der Waals surface area contributed by atoms with E-state index in [0.717, 1.165) is 36.9 Å². The van der Waals surface area contributed by atoms with Crippen LogP contribution in [0.5, 0.6) is 0 Å². The van der Waals surface area contributed by atoms with Gasteiger partial charge in [-0.15, -0.1) is 0 Å². The number of nitrogens with one attached hydrogen (secondary N) is 1. The van der Waals surface area contributed by atoms with Crippen molar-refractivity contribution in [2.24, 2.45) is 0 Å². The summed E-state index contributed by atoms with van der Waals surface area (Å²) in [7, 11) is 0. The number of aromatic nitrogens is 1. The van der Waals surface area contributed by atoms with Crippen molar-refractivity contribution in [2.75, 3.05) is 19.6 Å². The van der Waals surface area contributed by atoms with E-state index in [4.69, 9.17) is 11.6 Å². The summed E-state index contributed by atoms with van der Waals surface area (Å²) in [6, 6.07) is 4.42. The number of halogens is 1. The van der Waals surface area contributed by atoms with Gasteiger partial charge in [-0.3, -0.25) is 9.88 Å². The smallest absolute Gasteiger partial charge is 0.0558 e. The van der Waals surface area contributed by atoms with Crippen LogP contribution < -0.4 is 5.32 Å². The van der Waals surface area contributed by atoms with E-state index in [1.807, 2.05) is 12.1 Å². The molecule has 4 heteroatoms. The quantitative estimate of drug-likeness (QED) is 0.889. The Bertz CT molecular complexity index is 364. The Morgan fingerprint density at radius 1 is 1.50 bits per heavy atom. The number of likely N-dealkylation sites (N-methyl/N-ethyl adjacent to an activating group) is 1. The average Bonchev–Trinajstić information content (AvgIpc) is 2.39. The van der Waals surface area contributed by atoms with Crippen molar-refractivity contribution in [1.29, 1.82) is 0 Å². The molecule has 1 fully saturated rings. The summed E-state index contributed by atoms with van der Waals surface area (Å²) in [6.07, 6.45) is 5.74. The van der Waals surface area contributed by atoms with Gasteiger partial charge in [-0.25, -0.2) is 0 Å². The maximum absolute atomic E-state index is 5.99. The van der Waals surface area contributed by atoms with Gasteiger partial charge in [0.2, 0.25) is 0 Å². The van der Waals surface area contributed by atoms with E-state index in [2.05, 4.69) is 22.1 Å². The highest BCUT2D eigenvalue weighted by Gasteiger charge is 2.16. The van der Waals surface area contributed by atoms with Crippen molar-refractivity contribution in [3.63, 3.8) is 0 Å². The summed E-state index contributed by atoms with van der Waals surface area (Å²) in [5.41, 5.74) is 1.06. The van der Waals surface area contributed by atoms with Crippen LogP contribution in [0.2, 0.25) is 5.02 Å². The Morgan fingerprint density at radius 3 is 3.06 bits per heavy atom. The van der Waals surface area contributed by atoms with Crippen LogP contribution in [0.1, 0.15) is 31.9 Å². The van der Waals surface area contributed by atoms with Crippen LogP contribution in [0, 0.1) is 0 Å². The van der Waals surface area contributed by atoms with Crippen molar-refractivity contribution in [3.8, 4) is 0 Å². The van der Waals surface area contributed by atoms with E-state index >= 15 is 0 Å². The lowest BCUT2D eigenvalue weighted by Gasteiger charge is -2.29. The van der Waals surface area contributed by atoms with E-state index in [1.54, 1.807) is 6.20 Å². The zero-order chi connectivity index (χ0) is 12.8. The van der Waals surface area contributed by atoms with Gasteiger partial charge in [-0.2, -0.15) is 0 Å². The molecule has 3 nitrogen and oxygen atoms in total. The van der Waals surface area contributed by atoms with Crippen molar-refractivity contribution in [3.05, 3.63) is 29.0 Å². The molecular formula is C14H22ClN3. The van der Waals surface area contributed by atoms with Gasteiger partial charge < -0.3 is 5.32 Å². The lowest BCUT2D eigenvalue weighted by Crippen LogP contribution is -2.43. The molecule has 1 unspecified atom stereocenters. The van der Waals surface area contributed by atoms with Gasteiger partial charge in [0.05, 0.1) is 5.69 Å². The minimum atomic E-state index is 0.637. The fraction of sp³-hybridized carbons (Fsp3) is 0.643. The van der Waals surface area contributed by atoms with Crippen molar-refractivity contribution >= 4 is 11.6 Å². The topological polar surface area (TPSA) is 28.2 Å². The molecule has 0 aromatic carbocycles. The van der Waals surface area contributed by atoms with Gasteiger partial charge >= 0.3 is 0 Å². The molecule has 2 heterocycles. The molecule has 2 rings (SSSR count). The Morgan fingerprint density at radius 2 is 2.39 bits per heavy atom. The van der Waals surface area contributed by atoms with Crippen LogP contribution in [-0.4, -0.2) is 35.6 Å². The first-order chi connectivity index (χ1) is 8.78. The number of hydrogen-bond donors (Lipinski definition) is 1. The molecular weight excluding hydrogens is 246 g/mol. The van der Waals surface area contributed by atoms with Gasteiger partial charge in [0.25, 0.3) is 0 Å². The summed E-state index contributed by atoms with van der Waals surface area (Å²) in [6.45, 7) is 6.40. The fourth-order valence-corrected chi connectivity index (χ4v) is 2.64. The summed E-state index contributed by atoms with van der Waals surface area (Å²) < 4.78 is 0. The second kappa shape index (κ2) is 7.07. The van der Waals surface area contributed by atoms with Crippen molar-refractivity contribution in [1.82, 2.24) is 15.2 Å². The van der Waals surface area contributed by atoms with E-state index in [-0.39, 0.29) is 0 Å². The summed E-state index contributed by atoms with van der Waals surface area (Å²) in [5, 5.41) is 4.36. The number of rotatable bonds is 5. The predicted molar refractivity (Wildman–Crippen MR) is 75.8 cm³/mol. The minimum absolute atomic E-state index is 0.637. The first-order valence-corrected chi connectivity index (χ1v) is 7.22. The third kappa shape index (κ3) is 4.23. The zero-order valence-corrected chi connectivity index (χ0v) is 11.8. The highest BCUT2D eigenvalue weighted by atomic mass is 35.5.